The fourth-order valence-corrected chi connectivity index (χ4v) is 2.42. The molecule has 27 heavy (non-hydrogen) atoms. The van der Waals surface area contributed by atoms with E-state index in [2.05, 4.69) is 5.32 Å². The predicted octanol–water partition coefficient (Wildman–Crippen LogP) is -0.820. The minimum Gasteiger partial charge on any atom is -0.540 e. The second-order valence-electron chi connectivity index (χ2n) is 6.00. The molecule has 2 aromatic carbocycles. The number of rotatable bonds is 4. The molecule has 0 spiro atoms. The number of carbonyl (C=O) groups is 2. The quantitative estimate of drug-likeness (QED) is 0.531. The molecule has 8 heteroatoms. The van der Waals surface area contributed by atoms with Gasteiger partial charge in [-0.05, 0) is 48.7 Å². The van der Waals surface area contributed by atoms with E-state index in [1.807, 2.05) is 19.9 Å². The third kappa shape index (κ3) is 5.47. The van der Waals surface area contributed by atoms with Gasteiger partial charge in [-0.1, -0.05) is 13.8 Å². The summed E-state index contributed by atoms with van der Waals surface area (Å²) >= 11 is 0. The number of hydrogen-bond donors (Lipinski definition) is 2. The Balaban J connectivity index is 0.00000364. The Morgan fingerprint density at radius 1 is 1.26 bits per heavy atom. The Labute approximate surface area is 178 Å². The summed E-state index contributed by atoms with van der Waals surface area (Å²) in [5.41, 5.74) is 1.50. The number of anilines is 1. The molecule has 0 fully saturated rings. The largest absolute Gasteiger partial charge is 1.00 e. The maximum atomic E-state index is 11.2. The fraction of sp³-hybridized carbons (Fsp3) is 0.211. The number of benzene rings is 2. The Hall–Kier alpha value is -2.53. The molecule has 0 unspecified atom stereocenters. The molecule has 0 atom stereocenters. The van der Waals surface area contributed by atoms with Crippen molar-refractivity contribution in [3.05, 3.63) is 47.0 Å². The number of amides is 1. The third-order valence-corrected chi connectivity index (χ3v) is 3.68. The van der Waals surface area contributed by atoms with Crippen LogP contribution in [0.1, 0.15) is 36.5 Å². The van der Waals surface area contributed by atoms with E-state index in [-0.39, 0.29) is 58.2 Å². The molecule has 0 saturated heterocycles. The van der Waals surface area contributed by atoms with Gasteiger partial charge in [0, 0.05) is 11.3 Å². The van der Waals surface area contributed by atoms with E-state index in [0.29, 0.717) is 16.9 Å². The topological polar surface area (TPSA) is 122 Å². The molecule has 0 aromatic heterocycles. The number of nitrogens with one attached hydrogen (secondary N) is 1. The predicted molar refractivity (Wildman–Crippen MR) is 91.8 cm³/mol. The van der Waals surface area contributed by atoms with Gasteiger partial charge in [-0.25, -0.2) is 0 Å². The van der Waals surface area contributed by atoms with Gasteiger partial charge in [0.2, 0.25) is 0 Å². The summed E-state index contributed by atoms with van der Waals surface area (Å²) in [6.07, 6.45) is 0. The van der Waals surface area contributed by atoms with Gasteiger partial charge in [0.1, 0.15) is 29.3 Å². The number of aryl methyl sites for hydroxylation is 1. The van der Waals surface area contributed by atoms with Gasteiger partial charge in [-0.15, -0.1) is 0 Å². The number of aromatic hydroxyl groups is 1. The average Bonchev–Trinajstić information content (AvgIpc) is 2.57. The van der Waals surface area contributed by atoms with Crippen LogP contribution in [0.4, 0.5) is 5.69 Å². The number of phenols is 1. The second-order valence-corrected chi connectivity index (χ2v) is 6.00. The molecule has 0 saturated carbocycles. The summed E-state index contributed by atoms with van der Waals surface area (Å²) in [5, 5.41) is 31.9. The number of hydrogen-bond acceptors (Lipinski definition) is 6. The molecule has 7 nitrogen and oxygen atoms in total. The summed E-state index contributed by atoms with van der Waals surface area (Å²) in [6, 6.07) is 9.54. The molecular formula is C19H17N2NaO5. The first-order chi connectivity index (χ1) is 12.2. The maximum Gasteiger partial charge on any atom is 1.00 e. The van der Waals surface area contributed by atoms with Crippen molar-refractivity contribution >= 4 is 17.6 Å². The number of nitrogens with zero attached hydrogens (tertiary/aromatic N) is 1. The number of nitriles is 1. The third-order valence-electron chi connectivity index (χ3n) is 3.68. The number of carboxylic acids is 1. The summed E-state index contributed by atoms with van der Waals surface area (Å²) in [4.78, 5) is 21.8. The van der Waals surface area contributed by atoms with Crippen LogP contribution in [0.2, 0.25) is 0 Å². The molecule has 134 valence electrons. The van der Waals surface area contributed by atoms with Gasteiger partial charge in [-0.3, -0.25) is 4.79 Å². The molecule has 0 aliphatic carbocycles. The van der Waals surface area contributed by atoms with E-state index in [0.717, 1.165) is 0 Å². The molecule has 2 N–H and O–H groups in total. The zero-order valence-electron chi connectivity index (χ0n) is 15.5. The number of carboxylic acid groups (broad SMARTS) is 1. The summed E-state index contributed by atoms with van der Waals surface area (Å²) < 4.78 is 5.81. The maximum absolute atomic E-state index is 11.2. The molecule has 0 aliphatic heterocycles. The Morgan fingerprint density at radius 2 is 1.93 bits per heavy atom. The van der Waals surface area contributed by atoms with Crippen molar-refractivity contribution in [2.45, 2.75) is 26.7 Å². The normalized spacial score (nSPS) is 9.89. The van der Waals surface area contributed by atoms with Gasteiger partial charge < -0.3 is 25.1 Å². The van der Waals surface area contributed by atoms with Crippen molar-refractivity contribution in [1.82, 2.24) is 0 Å². The average molecular weight is 376 g/mol. The van der Waals surface area contributed by atoms with Crippen LogP contribution >= 0.6 is 0 Å². The van der Waals surface area contributed by atoms with E-state index in [1.165, 1.54) is 18.2 Å². The van der Waals surface area contributed by atoms with Crippen LogP contribution in [0.5, 0.6) is 17.2 Å². The summed E-state index contributed by atoms with van der Waals surface area (Å²) in [5.74, 6) is -2.21. The molecule has 0 heterocycles. The molecule has 2 rings (SSSR count). The minimum atomic E-state index is -1.87. The monoisotopic (exact) mass is 376 g/mol. The van der Waals surface area contributed by atoms with Crippen molar-refractivity contribution < 1.29 is 54.1 Å². The van der Waals surface area contributed by atoms with Crippen molar-refractivity contribution in [2.75, 3.05) is 5.32 Å². The first kappa shape index (κ1) is 22.5. The van der Waals surface area contributed by atoms with Crippen LogP contribution in [-0.4, -0.2) is 17.0 Å². The van der Waals surface area contributed by atoms with Crippen LogP contribution in [0.25, 0.3) is 0 Å². The SMILES string of the molecule is Cc1cc(NC(=O)C(=O)[O-])cc(C#N)c1Oc1ccc(O)c(C(C)C)c1.[Na+]. The van der Waals surface area contributed by atoms with Crippen LogP contribution in [-0.2, 0) is 9.59 Å². The van der Waals surface area contributed by atoms with Gasteiger partial charge in [0.05, 0.1) is 5.56 Å². The summed E-state index contributed by atoms with van der Waals surface area (Å²) in [7, 11) is 0. The molecule has 1 amide bonds. The molecule has 0 radical (unpaired) electrons. The van der Waals surface area contributed by atoms with Crippen molar-refractivity contribution in [2.24, 2.45) is 0 Å². The van der Waals surface area contributed by atoms with Gasteiger partial charge in [0.15, 0.2) is 0 Å². The Morgan fingerprint density at radius 3 is 2.48 bits per heavy atom. The van der Waals surface area contributed by atoms with Crippen LogP contribution in [0.3, 0.4) is 0 Å². The van der Waals surface area contributed by atoms with E-state index in [4.69, 9.17) is 4.74 Å². The Kier molecular flexibility index (Phi) is 7.85. The van der Waals surface area contributed by atoms with Crippen molar-refractivity contribution in [3.63, 3.8) is 0 Å². The zero-order valence-corrected chi connectivity index (χ0v) is 17.5. The summed E-state index contributed by atoms with van der Waals surface area (Å²) in [6.45, 7) is 5.52. The molecule has 2 aromatic rings. The van der Waals surface area contributed by atoms with Crippen LogP contribution in [0.15, 0.2) is 30.3 Å². The second kappa shape index (κ2) is 9.42. The molecular weight excluding hydrogens is 359 g/mol. The fourth-order valence-electron chi connectivity index (χ4n) is 2.42. The van der Waals surface area contributed by atoms with Crippen LogP contribution in [0, 0.1) is 18.3 Å². The van der Waals surface area contributed by atoms with Gasteiger partial charge in [-0.2, -0.15) is 5.26 Å². The van der Waals surface area contributed by atoms with Gasteiger partial charge in [0.25, 0.3) is 5.91 Å². The van der Waals surface area contributed by atoms with Crippen LogP contribution < -0.4 is 44.7 Å². The standard InChI is InChI=1S/C19H18N2O5.Na/c1-10(2)15-8-14(4-5-16(15)22)26-17-11(3)6-13(7-12(17)9-20)21-18(23)19(24)25;/h4-8,10,22H,1-3H3,(H,21,23)(H,24,25);/q;+1/p-1. The first-order valence-corrected chi connectivity index (χ1v) is 7.80. The first-order valence-electron chi connectivity index (χ1n) is 7.80. The van der Waals surface area contributed by atoms with Gasteiger partial charge >= 0.3 is 29.6 Å². The van der Waals surface area contributed by atoms with E-state index < -0.39 is 11.9 Å². The Bertz CT molecular complexity index is 919. The number of aliphatic carboxylic acids is 1. The smallest absolute Gasteiger partial charge is 0.540 e. The number of carbonyl (C=O) groups excluding carboxylic acids is 2. The number of ether oxygens (including phenoxy) is 1. The minimum absolute atomic E-state index is 0. The number of phenolic OH excluding ortho intramolecular Hbond substituents is 1. The van der Waals surface area contributed by atoms with E-state index in [1.54, 1.807) is 19.1 Å². The van der Waals surface area contributed by atoms with E-state index >= 15 is 0 Å². The molecule has 0 aliphatic rings. The zero-order chi connectivity index (χ0) is 19.4. The van der Waals surface area contributed by atoms with Crippen molar-refractivity contribution in [1.29, 1.82) is 5.26 Å². The molecule has 0 bridgehead atoms. The van der Waals surface area contributed by atoms with E-state index in [9.17, 15) is 25.1 Å². The van der Waals surface area contributed by atoms with Crippen molar-refractivity contribution in [3.8, 4) is 23.3 Å².